The number of hydrogen-bond donors (Lipinski definition) is 0. The Morgan fingerprint density at radius 2 is 1.75 bits per heavy atom. The van der Waals surface area contributed by atoms with E-state index in [-0.39, 0.29) is 5.56 Å². The number of hydrogen-bond acceptors (Lipinski definition) is 0. The minimum Gasteiger partial charge on any atom is -0.445 e. The van der Waals surface area contributed by atoms with Gasteiger partial charge in [0.25, 0.3) is 0 Å². The second-order valence-electron chi connectivity index (χ2n) is 2.31. The number of terminal acetylenes is 1. The van der Waals surface area contributed by atoms with Crippen molar-refractivity contribution in [3.8, 4) is 12.3 Å². The molecule has 0 aliphatic rings. The summed E-state index contributed by atoms with van der Waals surface area (Å²) in [7, 11) is 0. The van der Waals surface area contributed by atoms with Crippen molar-refractivity contribution in [2.24, 2.45) is 0 Å². The highest BCUT2D eigenvalue weighted by Gasteiger charge is 2.27. The molecule has 1 aromatic rings. The number of benzene rings is 1. The van der Waals surface area contributed by atoms with Gasteiger partial charge in [-0.15, -0.1) is 6.42 Å². The maximum Gasteiger partial charge on any atom is 0.510 e. The van der Waals surface area contributed by atoms with Gasteiger partial charge in [-0.1, -0.05) is 29.6 Å². The molecule has 0 heterocycles. The molecule has 0 amide bonds. The van der Waals surface area contributed by atoms with Gasteiger partial charge in [0.15, 0.2) is 0 Å². The van der Waals surface area contributed by atoms with Crippen LogP contribution >= 0.6 is 0 Å². The third-order valence-corrected chi connectivity index (χ3v) is 1.47. The van der Waals surface area contributed by atoms with Crippen LogP contribution in [0.1, 0.15) is 5.56 Å². The van der Waals surface area contributed by atoms with Crippen molar-refractivity contribution in [2.75, 3.05) is 0 Å². The van der Waals surface area contributed by atoms with E-state index in [1.54, 1.807) is 0 Å². The lowest BCUT2D eigenvalue weighted by Gasteiger charge is -2.16. The molecule has 0 aliphatic carbocycles. The van der Waals surface area contributed by atoms with E-state index in [4.69, 9.17) is 6.42 Å². The minimum absolute atomic E-state index is 0.0926. The van der Waals surface area contributed by atoms with Gasteiger partial charge in [-0.2, -0.15) is 0 Å². The fourth-order valence-corrected chi connectivity index (χ4v) is 0.914. The largest absolute Gasteiger partial charge is 0.510 e. The van der Waals surface area contributed by atoms with Gasteiger partial charge < -0.3 is 12.9 Å². The zero-order valence-electron chi connectivity index (χ0n) is 6.10. The average molecular weight is 169 g/mol. The van der Waals surface area contributed by atoms with E-state index in [0.29, 0.717) is 0 Å². The van der Waals surface area contributed by atoms with Crippen LogP contribution in [0.15, 0.2) is 24.3 Å². The standard InChI is InChI=1S/C8H5BF3/c1-2-7-5-3-4-6-8(7)9(10,11)12/h1,3-6H/q-1. The Labute approximate surface area is 68.5 Å². The van der Waals surface area contributed by atoms with Crippen LogP contribution in [-0.4, -0.2) is 6.98 Å². The summed E-state index contributed by atoms with van der Waals surface area (Å²) in [5.74, 6) is 2.00. The summed E-state index contributed by atoms with van der Waals surface area (Å²) in [6.45, 7) is -4.98. The fraction of sp³-hybridized carbons (Fsp3) is 0. The maximum atomic E-state index is 12.2. The van der Waals surface area contributed by atoms with Crippen LogP contribution in [0.4, 0.5) is 12.9 Å². The molecule has 0 fully saturated rings. The summed E-state index contributed by atoms with van der Waals surface area (Å²) in [5.41, 5.74) is -0.787. The van der Waals surface area contributed by atoms with Crippen molar-refractivity contribution in [1.82, 2.24) is 0 Å². The molecule has 0 N–H and O–H groups in total. The highest BCUT2D eigenvalue weighted by Crippen LogP contribution is 2.10. The Morgan fingerprint density at radius 3 is 2.17 bits per heavy atom. The topological polar surface area (TPSA) is 0 Å². The Balaban J connectivity index is 3.26. The van der Waals surface area contributed by atoms with Gasteiger partial charge >= 0.3 is 6.98 Å². The molecule has 0 atom stereocenters. The molecule has 4 heteroatoms. The Morgan fingerprint density at radius 1 is 1.17 bits per heavy atom. The first kappa shape index (κ1) is 8.73. The normalized spacial score (nSPS) is 10.8. The SMILES string of the molecule is C#Cc1ccccc1[B-](F)(F)F. The maximum absolute atomic E-state index is 12.2. The van der Waals surface area contributed by atoms with Crippen molar-refractivity contribution in [2.45, 2.75) is 0 Å². The van der Waals surface area contributed by atoms with Crippen molar-refractivity contribution in [1.29, 1.82) is 0 Å². The van der Waals surface area contributed by atoms with Gasteiger partial charge in [-0.05, 0) is 11.6 Å². The van der Waals surface area contributed by atoms with Gasteiger partial charge in [-0.25, -0.2) is 0 Å². The van der Waals surface area contributed by atoms with Gasteiger partial charge in [-0.3, -0.25) is 0 Å². The van der Waals surface area contributed by atoms with E-state index in [0.717, 1.165) is 6.07 Å². The van der Waals surface area contributed by atoms with E-state index < -0.39 is 12.4 Å². The quantitative estimate of drug-likeness (QED) is 0.443. The minimum atomic E-state index is -4.98. The third kappa shape index (κ3) is 1.62. The van der Waals surface area contributed by atoms with Crippen molar-refractivity contribution in [3.63, 3.8) is 0 Å². The monoisotopic (exact) mass is 169 g/mol. The molecule has 0 aromatic heterocycles. The van der Waals surface area contributed by atoms with E-state index in [9.17, 15) is 12.9 Å². The first-order chi connectivity index (χ1) is 5.55. The van der Waals surface area contributed by atoms with Gasteiger partial charge in [0, 0.05) is 0 Å². The molecule has 1 aromatic carbocycles. The van der Waals surface area contributed by atoms with Gasteiger partial charge in [0.2, 0.25) is 0 Å². The van der Waals surface area contributed by atoms with Gasteiger partial charge in [0.1, 0.15) is 0 Å². The molecule has 0 radical (unpaired) electrons. The smallest absolute Gasteiger partial charge is 0.445 e. The predicted octanol–water partition coefficient (Wildman–Crippen LogP) is 1.72. The summed E-state index contributed by atoms with van der Waals surface area (Å²) >= 11 is 0. The molecular weight excluding hydrogens is 164 g/mol. The van der Waals surface area contributed by atoms with E-state index >= 15 is 0 Å². The van der Waals surface area contributed by atoms with Crippen LogP contribution in [0.3, 0.4) is 0 Å². The lowest BCUT2D eigenvalue weighted by Crippen LogP contribution is -2.36. The molecule has 0 saturated heterocycles. The van der Waals surface area contributed by atoms with Crippen LogP contribution in [0.5, 0.6) is 0 Å². The van der Waals surface area contributed by atoms with Crippen molar-refractivity contribution in [3.05, 3.63) is 29.8 Å². The second-order valence-corrected chi connectivity index (χ2v) is 2.31. The van der Waals surface area contributed by atoms with Crippen LogP contribution in [0, 0.1) is 12.3 Å². The highest BCUT2D eigenvalue weighted by atomic mass is 19.4. The molecule has 0 nitrogen and oxygen atoms in total. The van der Waals surface area contributed by atoms with Crippen LogP contribution in [0.2, 0.25) is 0 Å². The molecule has 0 bridgehead atoms. The molecule has 0 unspecified atom stereocenters. The predicted molar refractivity (Wildman–Crippen MR) is 43.1 cm³/mol. The Kier molecular flexibility index (Phi) is 2.14. The van der Waals surface area contributed by atoms with Crippen molar-refractivity contribution < 1.29 is 12.9 Å². The zero-order chi connectivity index (χ0) is 9.19. The summed E-state index contributed by atoms with van der Waals surface area (Å²) < 4.78 is 36.6. The first-order valence-electron chi connectivity index (χ1n) is 3.31. The molecule has 12 heavy (non-hydrogen) atoms. The van der Waals surface area contributed by atoms with E-state index in [2.05, 4.69) is 0 Å². The summed E-state index contributed by atoms with van der Waals surface area (Å²) in [4.78, 5) is 0. The first-order valence-corrected chi connectivity index (χ1v) is 3.31. The molecular formula is C8H5BF3-. The number of rotatable bonds is 1. The molecule has 0 spiro atoms. The van der Waals surface area contributed by atoms with Crippen LogP contribution in [0.25, 0.3) is 0 Å². The van der Waals surface area contributed by atoms with Gasteiger partial charge in [0.05, 0.1) is 0 Å². The lowest BCUT2D eigenvalue weighted by molar-refractivity contribution is 0.501. The summed E-state index contributed by atoms with van der Waals surface area (Å²) in [6.07, 6.45) is 4.91. The van der Waals surface area contributed by atoms with Crippen LogP contribution in [-0.2, 0) is 0 Å². The summed E-state index contributed by atoms with van der Waals surface area (Å²) in [6, 6.07) is 5.09. The molecule has 1 rings (SSSR count). The number of halogens is 3. The summed E-state index contributed by atoms with van der Waals surface area (Å²) in [5, 5.41) is 0. The average Bonchev–Trinajstić information content (AvgIpc) is 2.03. The van der Waals surface area contributed by atoms with E-state index in [1.807, 2.05) is 5.92 Å². The Hall–Kier alpha value is -1.37. The Bertz CT molecular complexity index is 322. The molecule has 62 valence electrons. The molecule has 0 saturated carbocycles. The van der Waals surface area contributed by atoms with Crippen LogP contribution < -0.4 is 5.46 Å². The fourth-order valence-electron chi connectivity index (χ4n) is 0.914. The second kappa shape index (κ2) is 2.94. The highest BCUT2D eigenvalue weighted by molar-refractivity contribution is 6.74. The lowest BCUT2D eigenvalue weighted by atomic mass is 9.77. The van der Waals surface area contributed by atoms with Crippen molar-refractivity contribution >= 4 is 12.4 Å². The third-order valence-electron chi connectivity index (χ3n) is 1.47. The van der Waals surface area contributed by atoms with E-state index in [1.165, 1.54) is 18.2 Å². The zero-order valence-corrected chi connectivity index (χ0v) is 6.10. The molecule has 0 aliphatic heterocycles.